The summed E-state index contributed by atoms with van der Waals surface area (Å²) in [6, 6.07) is 11.8. The van der Waals surface area contributed by atoms with Gasteiger partial charge in [0.25, 0.3) is 5.91 Å². The third-order valence-corrected chi connectivity index (χ3v) is 4.79. The van der Waals surface area contributed by atoms with Gasteiger partial charge in [0.2, 0.25) is 0 Å². The zero-order valence-electron chi connectivity index (χ0n) is 17.1. The lowest BCUT2D eigenvalue weighted by Crippen LogP contribution is -2.22. The van der Waals surface area contributed by atoms with Gasteiger partial charge in [-0.15, -0.1) is 0 Å². The van der Waals surface area contributed by atoms with Crippen molar-refractivity contribution in [3.8, 4) is 11.4 Å². The zero-order chi connectivity index (χ0) is 21.0. The number of nitrogens with one attached hydrogen (secondary N) is 1. The molecule has 0 saturated heterocycles. The summed E-state index contributed by atoms with van der Waals surface area (Å²) >= 11 is 0. The van der Waals surface area contributed by atoms with Gasteiger partial charge in [0.15, 0.2) is 11.4 Å². The normalized spacial score (nSPS) is 10.7. The molecule has 0 aliphatic carbocycles. The van der Waals surface area contributed by atoms with Crippen LogP contribution >= 0.6 is 0 Å². The molecule has 0 atom stereocenters. The lowest BCUT2D eigenvalue weighted by molar-refractivity contribution is 0.101. The number of aromatic nitrogens is 2. The number of benzene rings is 2. The number of amides is 1. The van der Waals surface area contributed by atoms with Gasteiger partial charge in [0, 0.05) is 24.5 Å². The Morgan fingerprint density at radius 2 is 1.86 bits per heavy atom. The minimum Gasteiger partial charge on any atom is -0.493 e. The van der Waals surface area contributed by atoms with E-state index in [9.17, 15) is 9.18 Å². The Bertz CT molecular complexity index is 995. The third kappa shape index (κ3) is 4.39. The minimum absolute atomic E-state index is 0.157. The van der Waals surface area contributed by atoms with Crippen molar-refractivity contribution in [2.45, 2.75) is 20.8 Å². The average Bonchev–Trinajstić information content (AvgIpc) is 3.16. The fourth-order valence-corrected chi connectivity index (χ4v) is 3.15. The fourth-order valence-electron chi connectivity index (χ4n) is 3.15. The summed E-state index contributed by atoms with van der Waals surface area (Å²) in [5.41, 5.74) is 3.57. The summed E-state index contributed by atoms with van der Waals surface area (Å²) in [5.74, 6) is -0.375. The highest BCUT2D eigenvalue weighted by molar-refractivity contribution is 6.05. The average molecular weight is 396 g/mol. The first-order chi connectivity index (χ1) is 14.0. The zero-order valence-corrected chi connectivity index (χ0v) is 17.1. The van der Waals surface area contributed by atoms with Crippen LogP contribution in [-0.4, -0.2) is 35.9 Å². The van der Waals surface area contributed by atoms with Crippen LogP contribution in [-0.2, 0) is 0 Å². The molecule has 6 nitrogen and oxygen atoms in total. The monoisotopic (exact) mass is 396 g/mol. The van der Waals surface area contributed by atoms with Gasteiger partial charge in [0.05, 0.1) is 19.0 Å². The number of anilines is 2. The van der Waals surface area contributed by atoms with Gasteiger partial charge in [0.1, 0.15) is 5.82 Å². The molecule has 0 spiro atoms. The number of hydrogen-bond donors (Lipinski definition) is 1. The number of aryl methyl sites for hydroxylation is 1. The Hall–Kier alpha value is -3.35. The highest BCUT2D eigenvalue weighted by Gasteiger charge is 2.19. The van der Waals surface area contributed by atoms with Gasteiger partial charge >= 0.3 is 0 Å². The summed E-state index contributed by atoms with van der Waals surface area (Å²) in [6.45, 7) is 8.01. The molecule has 1 N–H and O–H groups in total. The van der Waals surface area contributed by atoms with E-state index >= 15 is 0 Å². The van der Waals surface area contributed by atoms with Crippen molar-refractivity contribution in [3.05, 3.63) is 65.7 Å². The second-order valence-electron chi connectivity index (χ2n) is 6.59. The van der Waals surface area contributed by atoms with Crippen molar-refractivity contribution in [1.29, 1.82) is 0 Å². The molecule has 0 saturated carbocycles. The topological polar surface area (TPSA) is 59.4 Å². The number of methoxy groups -OCH3 is 1. The highest BCUT2D eigenvalue weighted by atomic mass is 19.1. The Labute approximate surface area is 169 Å². The highest BCUT2D eigenvalue weighted by Crippen LogP contribution is 2.25. The first-order valence-corrected chi connectivity index (χ1v) is 9.53. The molecule has 0 aliphatic heterocycles. The molecule has 0 aliphatic rings. The van der Waals surface area contributed by atoms with Crippen LogP contribution in [0.1, 0.15) is 29.9 Å². The van der Waals surface area contributed by atoms with Crippen LogP contribution in [0, 0.1) is 12.7 Å². The number of carbonyl (C=O) groups excluding carboxylic acids is 1. The van der Waals surface area contributed by atoms with Crippen molar-refractivity contribution in [2.24, 2.45) is 0 Å². The summed E-state index contributed by atoms with van der Waals surface area (Å²) in [7, 11) is 1.48. The lowest BCUT2D eigenvalue weighted by atomic mass is 10.1. The second-order valence-corrected chi connectivity index (χ2v) is 6.59. The SMILES string of the molecule is CCN(CC)c1ccc(NC(=O)c2nn(-c3ccc(F)cc3)cc2OC)c(C)c1. The van der Waals surface area contributed by atoms with Crippen LogP contribution in [0.5, 0.6) is 5.75 Å². The van der Waals surface area contributed by atoms with Gasteiger partial charge in [-0.2, -0.15) is 5.10 Å². The van der Waals surface area contributed by atoms with Crippen molar-refractivity contribution >= 4 is 17.3 Å². The van der Waals surface area contributed by atoms with Crippen molar-refractivity contribution in [1.82, 2.24) is 9.78 Å². The number of carbonyl (C=O) groups is 1. The molecular weight excluding hydrogens is 371 g/mol. The fraction of sp³-hybridized carbons (Fsp3) is 0.273. The standard InChI is InChI=1S/C22H25FN4O2/c1-5-26(6-2)18-11-12-19(15(3)13-18)24-22(28)21-20(29-4)14-27(25-21)17-9-7-16(23)8-10-17/h7-14H,5-6H2,1-4H3,(H,24,28). The maximum absolute atomic E-state index is 13.2. The Morgan fingerprint density at radius 3 is 2.45 bits per heavy atom. The molecule has 1 heterocycles. The molecule has 3 aromatic rings. The number of nitrogens with zero attached hydrogens (tertiary/aromatic N) is 3. The molecule has 2 aromatic carbocycles. The molecule has 1 amide bonds. The third-order valence-electron chi connectivity index (χ3n) is 4.79. The summed E-state index contributed by atoms with van der Waals surface area (Å²) in [6.07, 6.45) is 1.60. The molecule has 0 radical (unpaired) electrons. The van der Waals surface area contributed by atoms with E-state index in [0.717, 1.165) is 24.3 Å². The number of hydrogen-bond acceptors (Lipinski definition) is 4. The molecule has 29 heavy (non-hydrogen) atoms. The predicted octanol–water partition coefficient (Wildman–Crippen LogP) is 4.43. The van der Waals surface area contributed by atoms with E-state index in [-0.39, 0.29) is 17.4 Å². The Balaban J connectivity index is 1.84. The van der Waals surface area contributed by atoms with Gasteiger partial charge in [-0.1, -0.05) is 0 Å². The molecular formula is C22H25FN4O2. The van der Waals surface area contributed by atoms with E-state index in [2.05, 4.69) is 35.2 Å². The van der Waals surface area contributed by atoms with Gasteiger partial charge in [-0.05, 0) is 68.8 Å². The maximum Gasteiger partial charge on any atom is 0.280 e. The van der Waals surface area contributed by atoms with Crippen molar-refractivity contribution < 1.29 is 13.9 Å². The summed E-state index contributed by atoms with van der Waals surface area (Å²) < 4.78 is 20.0. The second kappa shape index (κ2) is 8.77. The van der Waals surface area contributed by atoms with E-state index in [1.54, 1.807) is 18.3 Å². The number of halogens is 1. The molecule has 1 aromatic heterocycles. The van der Waals surface area contributed by atoms with Crippen molar-refractivity contribution in [2.75, 3.05) is 30.4 Å². The molecule has 0 unspecified atom stereocenters. The lowest BCUT2D eigenvalue weighted by Gasteiger charge is -2.22. The Kier molecular flexibility index (Phi) is 6.16. The number of ether oxygens (including phenoxy) is 1. The van der Waals surface area contributed by atoms with Crippen LogP contribution in [0.4, 0.5) is 15.8 Å². The molecule has 0 bridgehead atoms. The van der Waals surface area contributed by atoms with E-state index < -0.39 is 0 Å². The van der Waals surface area contributed by atoms with Crippen LogP contribution in [0.3, 0.4) is 0 Å². The number of rotatable bonds is 7. The van der Waals surface area contributed by atoms with Crippen LogP contribution < -0.4 is 15.0 Å². The largest absolute Gasteiger partial charge is 0.493 e. The minimum atomic E-state index is -0.374. The van der Waals surface area contributed by atoms with E-state index in [1.165, 1.54) is 23.9 Å². The van der Waals surface area contributed by atoms with Gasteiger partial charge in [-0.3, -0.25) is 4.79 Å². The predicted molar refractivity (Wildman–Crippen MR) is 113 cm³/mol. The molecule has 7 heteroatoms. The van der Waals surface area contributed by atoms with Crippen LogP contribution in [0.2, 0.25) is 0 Å². The summed E-state index contributed by atoms with van der Waals surface area (Å²) in [5, 5.41) is 7.23. The first-order valence-electron chi connectivity index (χ1n) is 9.53. The molecule has 0 fully saturated rings. The van der Waals surface area contributed by atoms with Crippen LogP contribution in [0.15, 0.2) is 48.7 Å². The van der Waals surface area contributed by atoms with Gasteiger partial charge in [-0.25, -0.2) is 9.07 Å². The van der Waals surface area contributed by atoms with E-state index in [1.807, 2.05) is 19.1 Å². The Morgan fingerprint density at radius 1 is 1.17 bits per heavy atom. The first kappa shape index (κ1) is 20.4. The molecule has 3 rings (SSSR count). The van der Waals surface area contributed by atoms with Crippen molar-refractivity contribution in [3.63, 3.8) is 0 Å². The summed E-state index contributed by atoms with van der Waals surface area (Å²) in [4.78, 5) is 15.1. The quantitative estimate of drug-likeness (QED) is 0.642. The molecule has 152 valence electrons. The maximum atomic E-state index is 13.2. The van der Waals surface area contributed by atoms with E-state index in [4.69, 9.17) is 4.74 Å². The van der Waals surface area contributed by atoms with Crippen LogP contribution in [0.25, 0.3) is 5.69 Å². The smallest absolute Gasteiger partial charge is 0.280 e. The van der Waals surface area contributed by atoms with Gasteiger partial charge < -0.3 is 15.0 Å². The van der Waals surface area contributed by atoms with E-state index in [0.29, 0.717) is 17.1 Å².